The van der Waals surface area contributed by atoms with E-state index in [1.165, 1.54) is 11.8 Å². The summed E-state index contributed by atoms with van der Waals surface area (Å²) >= 11 is 1.41. The van der Waals surface area contributed by atoms with Gasteiger partial charge >= 0.3 is 5.97 Å². The van der Waals surface area contributed by atoms with Crippen molar-refractivity contribution in [2.45, 2.75) is 32.4 Å². The van der Waals surface area contributed by atoms with Crippen LogP contribution in [0.5, 0.6) is 0 Å². The van der Waals surface area contributed by atoms with E-state index < -0.39 is 12.0 Å². The second-order valence-electron chi connectivity index (χ2n) is 4.98. The summed E-state index contributed by atoms with van der Waals surface area (Å²) in [5, 5.41) is 8.69. The van der Waals surface area contributed by atoms with Gasteiger partial charge in [0.15, 0.2) is 0 Å². The Hall–Kier alpha value is -1.53. The van der Waals surface area contributed by atoms with Crippen LogP contribution < -0.4 is 10.6 Å². The summed E-state index contributed by atoms with van der Waals surface area (Å²) in [5.41, 5.74) is 6.30. The van der Waals surface area contributed by atoms with Crippen molar-refractivity contribution in [3.8, 4) is 0 Å². The molecule has 0 bridgehead atoms. The van der Waals surface area contributed by atoms with Crippen LogP contribution in [0.1, 0.15) is 20.3 Å². The number of hydrogen-bond donors (Lipinski definition) is 2. The Labute approximate surface area is 129 Å². The number of carbonyl (C=O) groups excluding carboxylic acids is 1. The van der Waals surface area contributed by atoms with E-state index in [9.17, 15) is 9.59 Å². The standard InChI is InChI=1S/C15H22N2O3S/c1-11(2)17(12-6-4-3-5-7-12)14(18)10-21-9-8-13(16)15(19)20/h3-7,11,13H,8-10,16H2,1-2H3,(H,19,20). The number of carboxylic acids is 1. The Morgan fingerprint density at radius 2 is 1.90 bits per heavy atom. The van der Waals surface area contributed by atoms with Crippen molar-refractivity contribution in [3.05, 3.63) is 30.3 Å². The maximum Gasteiger partial charge on any atom is 0.320 e. The van der Waals surface area contributed by atoms with E-state index in [0.717, 1.165) is 5.69 Å². The first-order valence-corrected chi connectivity index (χ1v) is 8.02. The minimum atomic E-state index is -1.00. The molecule has 0 spiro atoms. The third-order valence-corrected chi connectivity index (χ3v) is 3.91. The Kier molecular flexibility index (Phi) is 7.25. The van der Waals surface area contributed by atoms with Crippen molar-refractivity contribution < 1.29 is 14.7 Å². The Morgan fingerprint density at radius 3 is 2.43 bits per heavy atom. The second-order valence-corrected chi connectivity index (χ2v) is 6.08. The molecule has 1 rings (SSSR count). The van der Waals surface area contributed by atoms with Crippen LogP contribution in [0.15, 0.2) is 30.3 Å². The first-order chi connectivity index (χ1) is 9.93. The van der Waals surface area contributed by atoms with E-state index >= 15 is 0 Å². The SMILES string of the molecule is CC(C)N(C(=O)CSCCC(N)C(=O)O)c1ccccc1. The van der Waals surface area contributed by atoms with Gasteiger partial charge in [0.2, 0.25) is 5.91 Å². The topological polar surface area (TPSA) is 83.6 Å². The number of amides is 1. The number of nitrogens with two attached hydrogens (primary N) is 1. The molecule has 0 radical (unpaired) electrons. The highest BCUT2D eigenvalue weighted by atomic mass is 32.2. The molecule has 5 nitrogen and oxygen atoms in total. The van der Waals surface area contributed by atoms with Gasteiger partial charge in [0, 0.05) is 11.7 Å². The van der Waals surface area contributed by atoms with Gasteiger partial charge < -0.3 is 15.7 Å². The van der Waals surface area contributed by atoms with E-state index in [0.29, 0.717) is 17.9 Å². The summed E-state index contributed by atoms with van der Waals surface area (Å²) < 4.78 is 0. The molecule has 0 aromatic heterocycles. The molecule has 1 atom stereocenters. The molecule has 0 fully saturated rings. The number of aliphatic carboxylic acids is 1. The predicted molar refractivity (Wildman–Crippen MR) is 86.6 cm³/mol. The molecule has 1 aromatic rings. The number of para-hydroxylation sites is 1. The van der Waals surface area contributed by atoms with E-state index in [1.54, 1.807) is 4.90 Å². The number of carboxylic acid groups (broad SMARTS) is 1. The van der Waals surface area contributed by atoms with Gasteiger partial charge in [0.25, 0.3) is 0 Å². The largest absolute Gasteiger partial charge is 0.480 e. The van der Waals surface area contributed by atoms with E-state index in [2.05, 4.69) is 0 Å². The zero-order valence-electron chi connectivity index (χ0n) is 12.4. The van der Waals surface area contributed by atoms with E-state index in [4.69, 9.17) is 10.8 Å². The normalized spacial score (nSPS) is 12.2. The smallest absolute Gasteiger partial charge is 0.320 e. The third kappa shape index (κ3) is 5.77. The van der Waals surface area contributed by atoms with E-state index in [-0.39, 0.29) is 11.9 Å². The van der Waals surface area contributed by atoms with Gasteiger partial charge in [-0.05, 0) is 38.2 Å². The molecular weight excluding hydrogens is 288 g/mol. The molecule has 0 aliphatic rings. The molecule has 6 heteroatoms. The lowest BCUT2D eigenvalue weighted by Gasteiger charge is -2.26. The van der Waals surface area contributed by atoms with Crippen molar-refractivity contribution in [3.63, 3.8) is 0 Å². The number of rotatable bonds is 8. The number of benzene rings is 1. The van der Waals surface area contributed by atoms with Gasteiger partial charge in [-0.3, -0.25) is 9.59 Å². The molecule has 116 valence electrons. The van der Waals surface area contributed by atoms with Gasteiger partial charge in [0.05, 0.1) is 5.75 Å². The fraction of sp³-hybridized carbons (Fsp3) is 0.467. The fourth-order valence-electron chi connectivity index (χ4n) is 1.88. The minimum absolute atomic E-state index is 0.0186. The number of thioether (sulfide) groups is 1. The Bertz CT molecular complexity index is 465. The van der Waals surface area contributed by atoms with Crippen LogP contribution in [0.2, 0.25) is 0 Å². The summed E-state index contributed by atoms with van der Waals surface area (Å²) in [6.45, 7) is 3.94. The molecule has 1 amide bonds. The third-order valence-electron chi connectivity index (χ3n) is 2.94. The zero-order chi connectivity index (χ0) is 15.8. The second kappa shape index (κ2) is 8.69. The zero-order valence-corrected chi connectivity index (χ0v) is 13.2. The molecule has 1 aromatic carbocycles. The summed E-state index contributed by atoms with van der Waals surface area (Å²) in [4.78, 5) is 24.7. The molecule has 1 unspecified atom stereocenters. The summed E-state index contributed by atoms with van der Waals surface area (Å²) in [7, 11) is 0. The summed E-state index contributed by atoms with van der Waals surface area (Å²) in [6.07, 6.45) is 0.361. The molecule has 3 N–H and O–H groups in total. The maximum absolute atomic E-state index is 12.3. The highest BCUT2D eigenvalue weighted by Crippen LogP contribution is 2.18. The van der Waals surface area contributed by atoms with Crippen LogP contribution in [0.25, 0.3) is 0 Å². The monoisotopic (exact) mass is 310 g/mol. The average molecular weight is 310 g/mol. The van der Waals surface area contributed by atoms with Crippen LogP contribution in [0.3, 0.4) is 0 Å². The highest BCUT2D eigenvalue weighted by Gasteiger charge is 2.19. The molecule has 0 aliphatic heterocycles. The molecule has 0 aliphatic carbocycles. The van der Waals surface area contributed by atoms with Crippen LogP contribution in [0, 0.1) is 0 Å². The van der Waals surface area contributed by atoms with Gasteiger partial charge in [-0.2, -0.15) is 11.8 Å². The van der Waals surface area contributed by atoms with Crippen molar-refractivity contribution in [2.24, 2.45) is 5.73 Å². The molecule has 0 saturated heterocycles. The molecule has 21 heavy (non-hydrogen) atoms. The predicted octanol–water partition coefficient (Wildman–Crippen LogP) is 1.96. The fourth-order valence-corrected chi connectivity index (χ4v) is 2.76. The van der Waals surface area contributed by atoms with Gasteiger partial charge in [0.1, 0.15) is 6.04 Å². The van der Waals surface area contributed by atoms with Gasteiger partial charge in [-0.25, -0.2) is 0 Å². The van der Waals surface area contributed by atoms with Crippen LogP contribution in [0.4, 0.5) is 5.69 Å². The Balaban J connectivity index is 2.50. The number of nitrogens with zero attached hydrogens (tertiary/aromatic N) is 1. The maximum atomic E-state index is 12.3. The van der Waals surface area contributed by atoms with Crippen molar-refractivity contribution in [1.29, 1.82) is 0 Å². The number of carbonyl (C=O) groups is 2. The number of hydrogen-bond acceptors (Lipinski definition) is 4. The van der Waals surface area contributed by atoms with Crippen molar-refractivity contribution in [1.82, 2.24) is 0 Å². The quantitative estimate of drug-likeness (QED) is 0.717. The lowest BCUT2D eigenvalue weighted by molar-refractivity contribution is -0.138. The highest BCUT2D eigenvalue weighted by molar-refractivity contribution is 7.99. The van der Waals surface area contributed by atoms with Gasteiger partial charge in [-0.15, -0.1) is 0 Å². The van der Waals surface area contributed by atoms with Crippen molar-refractivity contribution >= 4 is 29.3 Å². The van der Waals surface area contributed by atoms with Crippen molar-refractivity contribution in [2.75, 3.05) is 16.4 Å². The number of anilines is 1. The molecule has 0 saturated carbocycles. The summed E-state index contributed by atoms with van der Waals surface area (Å²) in [6, 6.07) is 8.73. The first-order valence-electron chi connectivity index (χ1n) is 6.86. The van der Waals surface area contributed by atoms with E-state index in [1.807, 2.05) is 44.2 Å². The Morgan fingerprint density at radius 1 is 1.29 bits per heavy atom. The first kappa shape index (κ1) is 17.5. The molecular formula is C15H22N2O3S. The lowest BCUT2D eigenvalue weighted by Crippen LogP contribution is -2.38. The summed E-state index contributed by atoms with van der Waals surface area (Å²) in [5.74, 6) is -0.112. The minimum Gasteiger partial charge on any atom is -0.480 e. The molecule has 0 heterocycles. The van der Waals surface area contributed by atoms with Crippen LogP contribution in [-0.4, -0.2) is 40.6 Å². The van der Waals surface area contributed by atoms with Crippen LogP contribution >= 0.6 is 11.8 Å². The average Bonchev–Trinajstić information content (AvgIpc) is 2.44. The van der Waals surface area contributed by atoms with Gasteiger partial charge in [-0.1, -0.05) is 18.2 Å². The van der Waals surface area contributed by atoms with Crippen LogP contribution in [-0.2, 0) is 9.59 Å². The lowest BCUT2D eigenvalue weighted by atomic mass is 10.2.